The number of methoxy groups -OCH3 is 1. The van der Waals surface area contributed by atoms with Gasteiger partial charge in [-0.1, -0.05) is 0 Å². The van der Waals surface area contributed by atoms with Gasteiger partial charge < -0.3 is 15.2 Å². The fourth-order valence-electron chi connectivity index (χ4n) is 0.998. The van der Waals surface area contributed by atoms with Crippen molar-refractivity contribution in [2.75, 3.05) is 26.9 Å². The summed E-state index contributed by atoms with van der Waals surface area (Å²) in [6, 6.07) is -0.0625. The van der Waals surface area contributed by atoms with Gasteiger partial charge in [-0.25, -0.2) is 0 Å². The first-order valence-electron chi connectivity index (χ1n) is 4.29. The normalized spacial score (nSPS) is 13.1. The average Bonchev–Trinajstić information content (AvgIpc) is 2.59. The van der Waals surface area contributed by atoms with Crippen molar-refractivity contribution >= 4 is 27.3 Å². The van der Waals surface area contributed by atoms with E-state index in [1.807, 2.05) is 10.8 Å². The monoisotopic (exact) mass is 279 g/mol. The lowest BCUT2D eigenvalue weighted by molar-refractivity contribution is 0.0635. The van der Waals surface area contributed by atoms with Crippen LogP contribution in [-0.2, 0) is 9.47 Å². The minimum atomic E-state index is -0.0625. The van der Waals surface area contributed by atoms with Gasteiger partial charge in [0.25, 0.3) is 0 Å². The Balaban J connectivity index is 2.28. The highest BCUT2D eigenvalue weighted by molar-refractivity contribution is 9.10. The van der Waals surface area contributed by atoms with E-state index in [0.717, 1.165) is 10.0 Å². The first-order valence-corrected chi connectivity index (χ1v) is 6.03. The molecule has 1 heterocycles. The molecule has 0 aromatic carbocycles. The maximum atomic E-state index is 5.93. The van der Waals surface area contributed by atoms with Gasteiger partial charge in [-0.2, -0.15) is 11.3 Å². The van der Waals surface area contributed by atoms with Crippen LogP contribution in [0.1, 0.15) is 11.6 Å². The van der Waals surface area contributed by atoms with Crippen LogP contribution in [0, 0.1) is 0 Å². The van der Waals surface area contributed by atoms with E-state index in [-0.39, 0.29) is 6.04 Å². The molecule has 1 atom stereocenters. The van der Waals surface area contributed by atoms with Crippen LogP contribution in [0.25, 0.3) is 0 Å². The van der Waals surface area contributed by atoms with Crippen molar-refractivity contribution in [2.45, 2.75) is 6.04 Å². The molecule has 14 heavy (non-hydrogen) atoms. The molecule has 1 rings (SSSR count). The highest BCUT2D eigenvalue weighted by atomic mass is 79.9. The van der Waals surface area contributed by atoms with Gasteiger partial charge in [0.1, 0.15) is 0 Å². The Morgan fingerprint density at radius 3 is 2.86 bits per heavy atom. The van der Waals surface area contributed by atoms with Crippen molar-refractivity contribution < 1.29 is 9.47 Å². The highest BCUT2D eigenvalue weighted by Gasteiger charge is 2.10. The van der Waals surface area contributed by atoms with Crippen molar-refractivity contribution in [2.24, 2.45) is 5.73 Å². The Kier molecular flexibility index (Phi) is 5.66. The number of halogens is 1. The molecule has 80 valence electrons. The Morgan fingerprint density at radius 2 is 2.29 bits per heavy atom. The summed E-state index contributed by atoms with van der Waals surface area (Å²) >= 11 is 5.07. The Hall–Kier alpha value is 0.0600. The van der Waals surface area contributed by atoms with E-state index in [1.54, 1.807) is 18.4 Å². The third kappa shape index (κ3) is 3.67. The summed E-state index contributed by atoms with van der Waals surface area (Å²) < 4.78 is 11.3. The quantitative estimate of drug-likeness (QED) is 0.812. The Bertz CT molecular complexity index is 267. The smallest absolute Gasteiger partial charge is 0.0701 e. The van der Waals surface area contributed by atoms with E-state index in [2.05, 4.69) is 15.9 Å². The van der Waals surface area contributed by atoms with E-state index in [9.17, 15) is 0 Å². The lowest BCUT2D eigenvalue weighted by Gasteiger charge is -2.11. The highest BCUT2D eigenvalue weighted by Crippen LogP contribution is 2.26. The summed E-state index contributed by atoms with van der Waals surface area (Å²) in [4.78, 5) is 0. The van der Waals surface area contributed by atoms with Crippen LogP contribution in [0.4, 0.5) is 0 Å². The molecule has 0 saturated carbocycles. The summed E-state index contributed by atoms with van der Waals surface area (Å²) in [5.74, 6) is 0. The van der Waals surface area contributed by atoms with Crippen molar-refractivity contribution in [3.05, 3.63) is 20.8 Å². The van der Waals surface area contributed by atoms with E-state index >= 15 is 0 Å². The third-order valence-corrected chi connectivity index (χ3v) is 3.52. The molecular formula is C9H14BrNO2S. The number of hydrogen-bond donors (Lipinski definition) is 1. The lowest BCUT2D eigenvalue weighted by Crippen LogP contribution is -2.18. The molecule has 1 aromatic rings. The molecule has 0 spiro atoms. The second-order valence-corrected chi connectivity index (χ2v) is 4.45. The zero-order valence-electron chi connectivity index (χ0n) is 8.03. The fourth-order valence-corrected chi connectivity index (χ4v) is 2.65. The summed E-state index contributed by atoms with van der Waals surface area (Å²) in [7, 11) is 1.65. The summed E-state index contributed by atoms with van der Waals surface area (Å²) in [5, 5.41) is 4.05. The molecule has 0 aliphatic heterocycles. The average molecular weight is 280 g/mol. The molecule has 0 saturated heterocycles. The molecule has 0 amide bonds. The van der Waals surface area contributed by atoms with Crippen LogP contribution in [0.5, 0.6) is 0 Å². The van der Waals surface area contributed by atoms with Gasteiger partial charge >= 0.3 is 0 Å². The molecule has 1 unspecified atom stereocenters. The largest absolute Gasteiger partial charge is 0.382 e. The predicted molar refractivity (Wildman–Crippen MR) is 61.6 cm³/mol. The molecule has 2 N–H and O–H groups in total. The maximum absolute atomic E-state index is 5.93. The summed E-state index contributed by atoms with van der Waals surface area (Å²) in [6.45, 7) is 1.72. The zero-order valence-corrected chi connectivity index (χ0v) is 10.4. The Morgan fingerprint density at radius 1 is 1.50 bits per heavy atom. The van der Waals surface area contributed by atoms with Crippen LogP contribution in [0.2, 0.25) is 0 Å². The van der Waals surface area contributed by atoms with E-state index in [4.69, 9.17) is 15.2 Å². The van der Waals surface area contributed by atoms with Crippen molar-refractivity contribution in [3.8, 4) is 0 Å². The van der Waals surface area contributed by atoms with Crippen LogP contribution in [0.3, 0.4) is 0 Å². The Labute approximate surface area is 96.3 Å². The van der Waals surface area contributed by atoms with Gasteiger partial charge in [-0.15, -0.1) is 0 Å². The summed E-state index contributed by atoms with van der Waals surface area (Å²) in [5.41, 5.74) is 7.04. The number of rotatable bonds is 6. The van der Waals surface area contributed by atoms with Crippen molar-refractivity contribution in [1.82, 2.24) is 0 Å². The van der Waals surface area contributed by atoms with Gasteiger partial charge in [0.2, 0.25) is 0 Å². The second kappa shape index (κ2) is 6.53. The molecule has 0 bridgehead atoms. The van der Waals surface area contributed by atoms with E-state index < -0.39 is 0 Å². The van der Waals surface area contributed by atoms with Gasteiger partial charge in [-0.3, -0.25) is 0 Å². The molecule has 0 fully saturated rings. The SMILES string of the molecule is COCCOCC(N)c1cscc1Br. The van der Waals surface area contributed by atoms with Crippen LogP contribution in [0.15, 0.2) is 15.2 Å². The van der Waals surface area contributed by atoms with Crippen molar-refractivity contribution in [1.29, 1.82) is 0 Å². The molecular weight excluding hydrogens is 266 g/mol. The zero-order chi connectivity index (χ0) is 10.4. The van der Waals surface area contributed by atoms with Gasteiger partial charge in [0.15, 0.2) is 0 Å². The molecule has 0 aliphatic carbocycles. The fraction of sp³-hybridized carbons (Fsp3) is 0.556. The first-order chi connectivity index (χ1) is 6.75. The van der Waals surface area contributed by atoms with Crippen molar-refractivity contribution in [3.63, 3.8) is 0 Å². The van der Waals surface area contributed by atoms with E-state index in [0.29, 0.717) is 19.8 Å². The second-order valence-electron chi connectivity index (χ2n) is 2.85. The minimum Gasteiger partial charge on any atom is -0.382 e. The molecule has 3 nitrogen and oxygen atoms in total. The van der Waals surface area contributed by atoms with Crippen LogP contribution >= 0.6 is 27.3 Å². The predicted octanol–water partition coefficient (Wildman–Crippen LogP) is 2.17. The minimum absolute atomic E-state index is 0.0625. The number of nitrogens with two attached hydrogens (primary N) is 1. The van der Waals surface area contributed by atoms with E-state index in [1.165, 1.54) is 0 Å². The first kappa shape index (κ1) is 12.1. The summed E-state index contributed by atoms with van der Waals surface area (Å²) in [6.07, 6.45) is 0. The molecule has 0 aliphatic rings. The third-order valence-electron chi connectivity index (χ3n) is 1.77. The molecule has 5 heteroatoms. The molecule has 1 aromatic heterocycles. The van der Waals surface area contributed by atoms with Crippen LogP contribution < -0.4 is 5.73 Å². The van der Waals surface area contributed by atoms with Gasteiger partial charge in [0, 0.05) is 17.0 Å². The number of thiophene rings is 1. The molecule has 0 radical (unpaired) electrons. The topological polar surface area (TPSA) is 44.5 Å². The lowest BCUT2D eigenvalue weighted by atomic mass is 10.2. The number of hydrogen-bond acceptors (Lipinski definition) is 4. The van der Waals surface area contributed by atoms with Crippen LogP contribution in [-0.4, -0.2) is 26.9 Å². The number of ether oxygens (including phenoxy) is 2. The maximum Gasteiger partial charge on any atom is 0.0701 e. The van der Waals surface area contributed by atoms with Gasteiger partial charge in [-0.05, 0) is 26.9 Å². The van der Waals surface area contributed by atoms with Gasteiger partial charge in [0.05, 0.1) is 25.9 Å². The standard InChI is InChI=1S/C9H14BrNO2S/c1-12-2-3-13-4-9(11)7-5-14-6-8(7)10/h5-6,9H,2-4,11H2,1H3.